The van der Waals surface area contributed by atoms with Crippen molar-refractivity contribution in [3.8, 4) is 0 Å². The molecule has 1 saturated carbocycles. The fraction of sp³-hybridized carbons (Fsp3) is 0.393. The summed E-state index contributed by atoms with van der Waals surface area (Å²) in [6.07, 6.45) is 4.72. The first-order valence-corrected chi connectivity index (χ1v) is 15.3. The number of benzene rings is 1. The molecule has 0 unspecified atom stereocenters. The van der Waals surface area contributed by atoms with E-state index in [-0.39, 0.29) is 11.0 Å². The molecular weight excluding hydrogens is 541 g/mol. The minimum absolute atomic E-state index is 0.00178. The Labute approximate surface area is 232 Å². The van der Waals surface area contributed by atoms with Crippen molar-refractivity contribution >= 4 is 56.5 Å². The summed E-state index contributed by atoms with van der Waals surface area (Å²) in [5.74, 6) is -0.604. The van der Waals surface area contributed by atoms with E-state index in [9.17, 15) is 19.5 Å². The maximum absolute atomic E-state index is 13.2. The van der Waals surface area contributed by atoms with Gasteiger partial charge < -0.3 is 14.7 Å². The zero-order valence-electron chi connectivity index (χ0n) is 21.1. The standard InChI is InChI=1S/C28H30N2O5S3/c1-29(13-4-14-30-22-12-7-19(18-31)17-23(22)38-27(30)33)20-8-10-21(11-9-20)35-26(32)28(34,24-5-2-15-36-24)25-6-3-16-37-25/h2-3,5-7,12,15-18,20-21,34H,4,8-11,13-14H2,1H3. The molecule has 38 heavy (non-hydrogen) atoms. The highest BCUT2D eigenvalue weighted by Crippen LogP contribution is 2.38. The van der Waals surface area contributed by atoms with Gasteiger partial charge in [-0.3, -0.25) is 14.2 Å². The molecule has 0 saturated heterocycles. The van der Waals surface area contributed by atoms with E-state index in [2.05, 4.69) is 11.9 Å². The Morgan fingerprint density at radius 3 is 2.42 bits per heavy atom. The minimum atomic E-state index is -1.77. The molecule has 10 heteroatoms. The van der Waals surface area contributed by atoms with Crippen molar-refractivity contribution in [1.82, 2.24) is 9.47 Å². The molecule has 0 spiro atoms. The van der Waals surface area contributed by atoms with Gasteiger partial charge >= 0.3 is 10.8 Å². The molecule has 3 aromatic heterocycles. The van der Waals surface area contributed by atoms with Gasteiger partial charge in [0.05, 0.1) is 20.0 Å². The largest absolute Gasteiger partial charge is 0.460 e. The van der Waals surface area contributed by atoms with Crippen LogP contribution in [0.3, 0.4) is 0 Å². The molecule has 1 aliphatic rings. The lowest BCUT2D eigenvalue weighted by Gasteiger charge is -2.35. The first kappa shape index (κ1) is 27.0. The Kier molecular flexibility index (Phi) is 8.25. The number of fused-ring (bicyclic) bond motifs is 1. The number of ether oxygens (including phenoxy) is 1. The number of carbonyl (C=O) groups excluding carboxylic acids is 2. The summed E-state index contributed by atoms with van der Waals surface area (Å²) < 4.78 is 8.51. The van der Waals surface area contributed by atoms with Crippen molar-refractivity contribution in [3.63, 3.8) is 0 Å². The van der Waals surface area contributed by atoms with Crippen molar-refractivity contribution in [2.45, 2.75) is 56.4 Å². The van der Waals surface area contributed by atoms with Gasteiger partial charge in [-0.1, -0.05) is 23.5 Å². The van der Waals surface area contributed by atoms with Crippen molar-refractivity contribution in [1.29, 1.82) is 0 Å². The molecule has 1 fully saturated rings. The molecular formula is C28H30N2O5S3. The second-order valence-electron chi connectivity index (χ2n) is 9.70. The molecule has 0 amide bonds. The maximum Gasteiger partial charge on any atom is 0.349 e. The highest BCUT2D eigenvalue weighted by atomic mass is 32.1. The van der Waals surface area contributed by atoms with Gasteiger partial charge in [0.2, 0.25) is 5.60 Å². The quantitative estimate of drug-likeness (QED) is 0.211. The van der Waals surface area contributed by atoms with Crippen molar-refractivity contribution in [2.24, 2.45) is 0 Å². The van der Waals surface area contributed by atoms with Crippen LogP contribution in [0.15, 0.2) is 58.0 Å². The number of thiophene rings is 2. The van der Waals surface area contributed by atoms with Crippen molar-refractivity contribution in [3.05, 3.63) is 78.2 Å². The number of thiazole rings is 1. The highest BCUT2D eigenvalue weighted by molar-refractivity contribution is 7.16. The molecule has 0 bridgehead atoms. The Hall–Kier alpha value is -2.63. The van der Waals surface area contributed by atoms with E-state index in [4.69, 9.17) is 4.74 Å². The smallest absolute Gasteiger partial charge is 0.349 e. The number of aryl methyl sites for hydroxylation is 1. The SMILES string of the molecule is CN(CCCn1c(=O)sc2cc(C=O)ccc21)C1CCC(OC(=O)C(O)(c2cccs2)c2cccs2)CC1. The number of aliphatic hydroxyl groups is 1. The predicted molar refractivity (Wildman–Crippen MR) is 152 cm³/mol. The van der Waals surface area contributed by atoms with E-state index in [0.717, 1.165) is 55.2 Å². The van der Waals surface area contributed by atoms with E-state index in [0.29, 0.717) is 27.9 Å². The first-order valence-electron chi connectivity index (χ1n) is 12.7. The van der Waals surface area contributed by atoms with Gasteiger partial charge in [0, 0.05) is 18.2 Å². The summed E-state index contributed by atoms with van der Waals surface area (Å²) in [6, 6.07) is 12.9. The molecule has 1 aromatic carbocycles. The van der Waals surface area contributed by atoms with Crippen LogP contribution in [0.5, 0.6) is 0 Å². The number of nitrogens with zero attached hydrogens (tertiary/aromatic N) is 2. The number of aldehydes is 1. The van der Waals surface area contributed by atoms with E-state index in [1.165, 1.54) is 34.0 Å². The second kappa shape index (κ2) is 11.6. The van der Waals surface area contributed by atoms with E-state index < -0.39 is 11.6 Å². The van der Waals surface area contributed by atoms with Crippen LogP contribution in [0.4, 0.5) is 0 Å². The summed E-state index contributed by atoms with van der Waals surface area (Å²) in [4.78, 5) is 40.2. The zero-order chi connectivity index (χ0) is 26.7. The zero-order valence-corrected chi connectivity index (χ0v) is 23.5. The van der Waals surface area contributed by atoms with Crippen molar-refractivity contribution < 1.29 is 19.4 Å². The molecule has 5 rings (SSSR count). The average molecular weight is 571 g/mol. The van der Waals surface area contributed by atoms with Crippen molar-refractivity contribution in [2.75, 3.05) is 13.6 Å². The van der Waals surface area contributed by atoms with Gasteiger partial charge in [0.25, 0.3) is 0 Å². The van der Waals surface area contributed by atoms with Gasteiger partial charge in [-0.15, -0.1) is 22.7 Å². The van der Waals surface area contributed by atoms with E-state index in [1.807, 2.05) is 29.0 Å². The van der Waals surface area contributed by atoms with Gasteiger partial charge in [0.15, 0.2) is 0 Å². The summed E-state index contributed by atoms with van der Waals surface area (Å²) in [5, 5.41) is 15.2. The van der Waals surface area contributed by atoms with Crippen LogP contribution in [0.25, 0.3) is 10.2 Å². The minimum Gasteiger partial charge on any atom is -0.460 e. The average Bonchev–Trinajstić information content (AvgIpc) is 3.71. The predicted octanol–water partition coefficient (Wildman–Crippen LogP) is 5.11. The van der Waals surface area contributed by atoms with Crippen LogP contribution in [-0.2, 0) is 21.7 Å². The third kappa shape index (κ3) is 5.41. The van der Waals surface area contributed by atoms with Gasteiger partial charge in [0.1, 0.15) is 12.4 Å². The highest BCUT2D eigenvalue weighted by Gasteiger charge is 2.45. The Morgan fingerprint density at radius 1 is 1.13 bits per heavy atom. The topological polar surface area (TPSA) is 88.8 Å². The number of hydrogen-bond acceptors (Lipinski definition) is 9. The van der Waals surface area contributed by atoms with Gasteiger partial charge in [-0.05, 0) is 86.8 Å². The molecule has 0 atom stereocenters. The number of rotatable bonds is 10. The normalized spacial score (nSPS) is 18.2. The molecule has 7 nitrogen and oxygen atoms in total. The molecule has 0 aliphatic heterocycles. The molecule has 1 aliphatic carbocycles. The molecule has 0 radical (unpaired) electrons. The molecule has 1 N–H and O–H groups in total. The Balaban J connectivity index is 1.13. The van der Waals surface area contributed by atoms with Crippen LogP contribution in [0.1, 0.15) is 52.2 Å². The third-order valence-corrected chi connectivity index (χ3v) is 10.2. The molecule has 3 heterocycles. The molecule has 200 valence electrons. The lowest BCUT2D eigenvalue weighted by molar-refractivity contribution is -0.169. The Morgan fingerprint density at radius 2 is 1.82 bits per heavy atom. The van der Waals surface area contributed by atoms with E-state index in [1.54, 1.807) is 28.8 Å². The number of hydrogen-bond donors (Lipinski definition) is 1. The van der Waals surface area contributed by atoms with E-state index >= 15 is 0 Å². The monoisotopic (exact) mass is 570 g/mol. The number of carbonyl (C=O) groups is 2. The Bertz CT molecular complexity index is 1400. The van der Waals surface area contributed by atoms with Crippen LogP contribution >= 0.6 is 34.0 Å². The summed E-state index contributed by atoms with van der Waals surface area (Å²) in [5.41, 5.74) is -0.315. The van der Waals surface area contributed by atoms with Crippen LogP contribution in [0.2, 0.25) is 0 Å². The van der Waals surface area contributed by atoms with Gasteiger partial charge in [-0.25, -0.2) is 4.79 Å². The first-order chi connectivity index (χ1) is 18.4. The van der Waals surface area contributed by atoms with Crippen LogP contribution < -0.4 is 4.87 Å². The third-order valence-electron chi connectivity index (χ3n) is 7.31. The van der Waals surface area contributed by atoms with Crippen LogP contribution in [0, 0.1) is 0 Å². The maximum atomic E-state index is 13.2. The van der Waals surface area contributed by atoms with Crippen LogP contribution in [-0.4, -0.2) is 52.6 Å². The molecule has 4 aromatic rings. The summed E-state index contributed by atoms with van der Waals surface area (Å²) in [7, 11) is 2.11. The number of aromatic nitrogens is 1. The lowest BCUT2D eigenvalue weighted by atomic mass is 9.91. The fourth-order valence-electron chi connectivity index (χ4n) is 5.16. The second-order valence-corrected chi connectivity index (χ2v) is 12.6. The lowest BCUT2D eigenvalue weighted by Crippen LogP contribution is -2.42. The fourth-order valence-corrected chi connectivity index (χ4v) is 7.84. The summed E-state index contributed by atoms with van der Waals surface area (Å²) in [6.45, 7) is 1.47. The van der Waals surface area contributed by atoms with Gasteiger partial charge in [-0.2, -0.15) is 0 Å². The number of esters is 1. The summed E-state index contributed by atoms with van der Waals surface area (Å²) >= 11 is 3.87.